The van der Waals surface area contributed by atoms with Gasteiger partial charge < -0.3 is 0 Å². The van der Waals surface area contributed by atoms with Crippen LogP contribution in [0.15, 0.2) is 24.2 Å². The molecule has 102 valence electrons. The van der Waals surface area contributed by atoms with Crippen LogP contribution in [0.2, 0.25) is 5.28 Å². The van der Waals surface area contributed by atoms with Crippen molar-refractivity contribution in [1.82, 2.24) is 9.97 Å². The molecule has 0 saturated carbocycles. The van der Waals surface area contributed by atoms with Crippen LogP contribution in [0.1, 0.15) is 26.5 Å². The van der Waals surface area contributed by atoms with Crippen molar-refractivity contribution in [2.45, 2.75) is 20.8 Å². The predicted molar refractivity (Wildman–Crippen MR) is 71.7 cm³/mol. The molecular weight excluding hydrogens is 270 g/mol. The summed E-state index contributed by atoms with van der Waals surface area (Å²) in [6.07, 6.45) is 3.91. The van der Waals surface area contributed by atoms with Gasteiger partial charge in [0.25, 0.3) is 0 Å². The lowest BCUT2D eigenvalue weighted by molar-refractivity contribution is 0.384. The van der Waals surface area contributed by atoms with Gasteiger partial charge in [0.1, 0.15) is 11.5 Å². The summed E-state index contributed by atoms with van der Waals surface area (Å²) in [6, 6.07) is 0. The first-order valence-electron chi connectivity index (χ1n) is 6.17. The lowest BCUT2D eigenvalue weighted by Crippen LogP contribution is -2.22. The number of hydrogen-bond acceptors (Lipinski definition) is 2. The summed E-state index contributed by atoms with van der Waals surface area (Å²) in [5, 5.41) is -0.0394. The van der Waals surface area contributed by atoms with Crippen molar-refractivity contribution in [2.24, 2.45) is 17.8 Å². The van der Waals surface area contributed by atoms with Gasteiger partial charge >= 0.3 is 0 Å². The highest BCUT2D eigenvalue weighted by Gasteiger charge is 2.30. The van der Waals surface area contributed by atoms with Crippen molar-refractivity contribution in [2.75, 3.05) is 0 Å². The van der Waals surface area contributed by atoms with E-state index in [0.29, 0.717) is 5.57 Å². The molecule has 1 aromatic rings. The van der Waals surface area contributed by atoms with Gasteiger partial charge in [-0.05, 0) is 47.1 Å². The maximum Gasteiger partial charge on any atom is 0.223 e. The molecule has 0 bridgehead atoms. The highest BCUT2D eigenvalue weighted by molar-refractivity contribution is 6.28. The Morgan fingerprint density at radius 1 is 1.32 bits per heavy atom. The van der Waals surface area contributed by atoms with Gasteiger partial charge in [0.15, 0.2) is 5.82 Å². The third kappa shape index (κ3) is 2.84. The zero-order valence-corrected chi connectivity index (χ0v) is 11.7. The van der Waals surface area contributed by atoms with Gasteiger partial charge in [0.2, 0.25) is 5.28 Å². The van der Waals surface area contributed by atoms with Gasteiger partial charge in [-0.15, -0.1) is 0 Å². The van der Waals surface area contributed by atoms with Crippen LogP contribution in [0.5, 0.6) is 0 Å². The van der Waals surface area contributed by atoms with Crippen LogP contribution in [-0.2, 0) is 0 Å². The monoisotopic (exact) mass is 284 g/mol. The second kappa shape index (κ2) is 5.37. The van der Waals surface area contributed by atoms with Crippen molar-refractivity contribution < 1.29 is 8.78 Å². The summed E-state index contributed by atoms with van der Waals surface area (Å²) in [4.78, 5) is 7.50. The highest BCUT2D eigenvalue weighted by Crippen LogP contribution is 2.40. The smallest absolute Gasteiger partial charge is 0.223 e. The summed E-state index contributed by atoms with van der Waals surface area (Å²) in [5.74, 6) is -0.733. The van der Waals surface area contributed by atoms with E-state index in [1.807, 2.05) is 20.8 Å². The molecule has 2 nitrogen and oxygen atoms in total. The average molecular weight is 285 g/mol. The molecule has 2 atom stereocenters. The van der Waals surface area contributed by atoms with Crippen molar-refractivity contribution in [1.29, 1.82) is 0 Å². The number of hydrogen-bond donors (Lipinski definition) is 0. The molecular formula is C14H15ClF2N2. The van der Waals surface area contributed by atoms with Gasteiger partial charge in [0, 0.05) is 0 Å². The normalized spacial score (nSPS) is 23.3. The minimum Gasteiger partial charge on any atom is -0.223 e. The van der Waals surface area contributed by atoms with E-state index in [1.165, 1.54) is 6.08 Å². The topological polar surface area (TPSA) is 25.8 Å². The number of aromatic nitrogens is 2. The Bertz CT molecular complexity index is 552. The molecule has 0 amide bonds. The van der Waals surface area contributed by atoms with E-state index in [9.17, 15) is 8.78 Å². The average Bonchev–Trinajstić information content (AvgIpc) is 2.30. The van der Waals surface area contributed by atoms with Crippen LogP contribution >= 0.6 is 11.6 Å². The zero-order chi connectivity index (χ0) is 14.2. The van der Waals surface area contributed by atoms with E-state index in [0.717, 1.165) is 6.20 Å². The first-order valence-corrected chi connectivity index (χ1v) is 6.55. The summed E-state index contributed by atoms with van der Waals surface area (Å²) in [7, 11) is 0. The third-order valence-corrected chi connectivity index (χ3v) is 3.53. The highest BCUT2D eigenvalue weighted by atomic mass is 35.5. The van der Waals surface area contributed by atoms with E-state index < -0.39 is 5.82 Å². The number of rotatable bonds is 2. The van der Waals surface area contributed by atoms with Crippen molar-refractivity contribution in [3.05, 3.63) is 41.0 Å². The zero-order valence-electron chi connectivity index (χ0n) is 11.0. The van der Waals surface area contributed by atoms with Gasteiger partial charge in [-0.2, -0.15) is 0 Å². The summed E-state index contributed by atoms with van der Waals surface area (Å²) < 4.78 is 27.5. The Morgan fingerprint density at radius 2 is 2.00 bits per heavy atom. The molecule has 0 aromatic carbocycles. The lowest BCUT2D eigenvalue weighted by atomic mass is 9.75. The first-order chi connectivity index (χ1) is 8.90. The summed E-state index contributed by atoms with van der Waals surface area (Å²) >= 11 is 5.71. The van der Waals surface area contributed by atoms with E-state index in [-0.39, 0.29) is 34.6 Å². The van der Waals surface area contributed by atoms with Gasteiger partial charge in [-0.3, -0.25) is 0 Å². The fourth-order valence-corrected chi connectivity index (χ4v) is 2.80. The van der Waals surface area contributed by atoms with Crippen LogP contribution < -0.4 is 0 Å². The molecule has 1 heterocycles. The van der Waals surface area contributed by atoms with Crippen LogP contribution in [0.3, 0.4) is 0 Å². The fraction of sp³-hybridized carbons (Fsp3) is 0.429. The Kier molecular flexibility index (Phi) is 3.99. The van der Waals surface area contributed by atoms with E-state index in [4.69, 9.17) is 11.6 Å². The number of halogens is 3. The molecule has 1 aliphatic carbocycles. The summed E-state index contributed by atoms with van der Waals surface area (Å²) in [6.45, 7) is 5.96. The first kappa shape index (κ1) is 14.1. The van der Waals surface area contributed by atoms with E-state index in [2.05, 4.69) is 9.97 Å². The molecule has 0 saturated heterocycles. The van der Waals surface area contributed by atoms with Crippen LogP contribution in [0, 0.1) is 23.6 Å². The predicted octanol–water partition coefficient (Wildman–Crippen LogP) is 4.43. The number of allylic oxidation sites excluding steroid dienone is 4. The van der Waals surface area contributed by atoms with Crippen LogP contribution in [0.25, 0.3) is 5.57 Å². The Hall–Kier alpha value is -1.29. The maximum absolute atomic E-state index is 13.9. The molecule has 0 radical (unpaired) electrons. The van der Waals surface area contributed by atoms with Crippen LogP contribution in [0.4, 0.5) is 8.78 Å². The minimum absolute atomic E-state index is 0.0000309. The second-order valence-corrected chi connectivity index (χ2v) is 5.45. The molecule has 2 rings (SSSR count). The molecule has 1 aromatic heterocycles. The van der Waals surface area contributed by atoms with Gasteiger partial charge in [0.05, 0.1) is 6.20 Å². The fourth-order valence-electron chi connectivity index (χ4n) is 2.67. The SMILES string of the molecule is CC(C)C1C(c2nc(Cl)ncc2F)=CC(F)=CC1C. The van der Waals surface area contributed by atoms with Crippen LogP contribution in [-0.4, -0.2) is 9.97 Å². The molecule has 1 aliphatic rings. The third-order valence-electron chi connectivity index (χ3n) is 3.35. The molecule has 5 heteroatoms. The molecule has 0 fully saturated rings. The Labute approximate surface area is 116 Å². The Balaban J connectivity index is 2.56. The van der Waals surface area contributed by atoms with Gasteiger partial charge in [-0.1, -0.05) is 20.8 Å². The van der Waals surface area contributed by atoms with Crippen molar-refractivity contribution >= 4 is 17.2 Å². The molecule has 0 N–H and O–H groups in total. The summed E-state index contributed by atoms with van der Waals surface area (Å²) in [5.41, 5.74) is 0.637. The largest absolute Gasteiger partial charge is 0.223 e. The van der Waals surface area contributed by atoms with Crippen molar-refractivity contribution in [3.63, 3.8) is 0 Å². The maximum atomic E-state index is 13.9. The molecule has 0 aliphatic heterocycles. The van der Waals surface area contributed by atoms with Crippen molar-refractivity contribution in [3.8, 4) is 0 Å². The van der Waals surface area contributed by atoms with E-state index >= 15 is 0 Å². The lowest BCUT2D eigenvalue weighted by Gasteiger charge is -2.30. The second-order valence-electron chi connectivity index (χ2n) is 5.12. The minimum atomic E-state index is -0.580. The molecule has 19 heavy (non-hydrogen) atoms. The molecule has 2 unspecified atom stereocenters. The number of nitrogens with zero attached hydrogens (tertiary/aromatic N) is 2. The molecule has 0 spiro atoms. The standard InChI is InChI=1S/C14H15ClF2N2/c1-7(2)12-8(3)4-9(16)5-10(12)13-11(17)6-18-14(15)19-13/h4-8,12H,1-3H3. The Morgan fingerprint density at radius 3 is 2.63 bits per heavy atom. The van der Waals surface area contributed by atoms with Gasteiger partial charge in [-0.25, -0.2) is 18.7 Å². The van der Waals surface area contributed by atoms with E-state index in [1.54, 1.807) is 6.08 Å². The quantitative estimate of drug-likeness (QED) is 0.751.